The molecule has 1 unspecified atom stereocenters. The molecule has 0 spiro atoms. The summed E-state index contributed by atoms with van der Waals surface area (Å²) < 4.78 is 11.2. The summed E-state index contributed by atoms with van der Waals surface area (Å²) in [6.45, 7) is 8.02. The average Bonchev–Trinajstić information content (AvgIpc) is 2.84. The van der Waals surface area contributed by atoms with E-state index in [0.717, 1.165) is 53.7 Å². The molecule has 1 saturated carbocycles. The standard InChI is InChI=1S/C28H38N2O4/c1-19-15-20(2)21(3)26(16-19)34-18-27(31)30(17-23-11-13-25(33-5)14-12-23)22(4)28(32)29-24-9-7-6-8-10-24/h11-16,22,24H,6-10,17-18H2,1-5H3,(H,29,32). The van der Waals surface area contributed by atoms with Gasteiger partial charge in [-0.1, -0.05) is 37.5 Å². The Morgan fingerprint density at radius 1 is 1.06 bits per heavy atom. The molecule has 0 bridgehead atoms. The van der Waals surface area contributed by atoms with Crippen LogP contribution in [0.3, 0.4) is 0 Å². The summed E-state index contributed by atoms with van der Waals surface area (Å²) >= 11 is 0. The largest absolute Gasteiger partial charge is 0.497 e. The fourth-order valence-corrected chi connectivity index (χ4v) is 4.45. The molecule has 1 fully saturated rings. The number of carbonyl (C=O) groups excluding carboxylic acids is 2. The van der Waals surface area contributed by atoms with Gasteiger partial charge in [0.25, 0.3) is 5.91 Å². The van der Waals surface area contributed by atoms with Gasteiger partial charge in [-0.05, 0) is 81.0 Å². The summed E-state index contributed by atoms with van der Waals surface area (Å²) in [5.41, 5.74) is 4.15. The summed E-state index contributed by atoms with van der Waals surface area (Å²) in [5.74, 6) is 1.12. The summed E-state index contributed by atoms with van der Waals surface area (Å²) in [6.07, 6.45) is 5.49. The number of methoxy groups -OCH3 is 1. The average molecular weight is 467 g/mol. The minimum atomic E-state index is -0.611. The second-order valence-electron chi connectivity index (χ2n) is 9.38. The quantitative estimate of drug-likeness (QED) is 0.573. The molecule has 1 aliphatic rings. The molecule has 1 atom stereocenters. The molecule has 0 aromatic heterocycles. The molecule has 34 heavy (non-hydrogen) atoms. The Bertz CT molecular complexity index is 981. The van der Waals surface area contributed by atoms with Crippen molar-refractivity contribution in [1.82, 2.24) is 10.2 Å². The zero-order valence-electron chi connectivity index (χ0n) is 21.1. The summed E-state index contributed by atoms with van der Waals surface area (Å²) in [6, 6.07) is 11.2. The van der Waals surface area contributed by atoms with Crippen LogP contribution in [0.1, 0.15) is 61.3 Å². The predicted molar refractivity (Wildman–Crippen MR) is 134 cm³/mol. The van der Waals surface area contributed by atoms with Crippen molar-refractivity contribution in [2.45, 2.75) is 78.4 Å². The molecule has 184 valence electrons. The zero-order valence-corrected chi connectivity index (χ0v) is 21.1. The highest BCUT2D eigenvalue weighted by molar-refractivity contribution is 5.88. The molecule has 1 N–H and O–H groups in total. The Hall–Kier alpha value is -3.02. The highest BCUT2D eigenvalue weighted by Gasteiger charge is 2.28. The Morgan fingerprint density at radius 3 is 2.38 bits per heavy atom. The van der Waals surface area contributed by atoms with Gasteiger partial charge in [-0.3, -0.25) is 9.59 Å². The maximum Gasteiger partial charge on any atom is 0.261 e. The fourth-order valence-electron chi connectivity index (χ4n) is 4.45. The Morgan fingerprint density at radius 2 is 1.74 bits per heavy atom. The monoisotopic (exact) mass is 466 g/mol. The van der Waals surface area contributed by atoms with Gasteiger partial charge in [-0.15, -0.1) is 0 Å². The number of amides is 2. The lowest BCUT2D eigenvalue weighted by atomic mass is 9.95. The van der Waals surface area contributed by atoms with Crippen molar-refractivity contribution in [3.63, 3.8) is 0 Å². The van der Waals surface area contributed by atoms with Crippen LogP contribution in [0.4, 0.5) is 0 Å². The van der Waals surface area contributed by atoms with E-state index < -0.39 is 6.04 Å². The van der Waals surface area contributed by atoms with E-state index in [1.807, 2.05) is 51.1 Å². The molecular formula is C28H38N2O4. The summed E-state index contributed by atoms with van der Waals surface area (Å²) in [7, 11) is 1.62. The molecule has 0 saturated heterocycles. The third-order valence-electron chi connectivity index (χ3n) is 6.75. The second kappa shape index (κ2) is 11.9. The zero-order chi connectivity index (χ0) is 24.7. The first-order valence-electron chi connectivity index (χ1n) is 12.2. The van der Waals surface area contributed by atoms with Crippen molar-refractivity contribution in [3.8, 4) is 11.5 Å². The van der Waals surface area contributed by atoms with Gasteiger partial charge >= 0.3 is 0 Å². The first-order valence-corrected chi connectivity index (χ1v) is 12.2. The van der Waals surface area contributed by atoms with E-state index >= 15 is 0 Å². The number of hydrogen-bond donors (Lipinski definition) is 1. The van der Waals surface area contributed by atoms with Gasteiger partial charge in [0.1, 0.15) is 17.5 Å². The van der Waals surface area contributed by atoms with Gasteiger partial charge in [0, 0.05) is 12.6 Å². The Kier molecular flexibility index (Phi) is 8.97. The Balaban J connectivity index is 1.75. The van der Waals surface area contributed by atoms with Gasteiger partial charge in [0.15, 0.2) is 6.61 Å². The normalized spacial score (nSPS) is 14.9. The van der Waals surface area contributed by atoms with Crippen LogP contribution in [-0.2, 0) is 16.1 Å². The smallest absolute Gasteiger partial charge is 0.261 e. The maximum atomic E-state index is 13.4. The Labute approximate surface area is 203 Å². The van der Waals surface area contributed by atoms with Crippen molar-refractivity contribution in [1.29, 1.82) is 0 Å². The molecule has 0 heterocycles. The van der Waals surface area contributed by atoms with Crippen LogP contribution in [0.25, 0.3) is 0 Å². The van der Waals surface area contributed by atoms with E-state index in [4.69, 9.17) is 9.47 Å². The minimum Gasteiger partial charge on any atom is -0.497 e. The van der Waals surface area contributed by atoms with Crippen molar-refractivity contribution >= 4 is 11.8 Å². The van der Waals surface area contributed by atoms with Crippen LogP contribution in [0, 0.1) is 20.8 Å². The highest BCUT2D eigenvalue weighted by Crippen LogP contribution is 2.24. The predicted octanol–water partition coefficient (Wildman–Crippen LogP) is 4.87. The lowest BCUT2D eigenvalue weighted by Gasteiger charge is -2.31. The van der Waals surface area contributed by atoms with E-state index in [0.29, 0.717) is 12.3 Å². The third-order valence-corrected chi connectivity index (χ3v) is 6.75. The first-order chi connectivity index (χ1) is 16.3. The van der Waals surface area contributed by atoms with Crippen molar-refractivity contribution < 1.29 is 19.1 Å². The second-order valence-corrected chi connectivity index (χ2v) is 9.38. The third kappa shape index (κ3) is 6.75. The molecular weight excluding hydrogens is 428 g/mol. The number of aryl methyl sites for hydroxylation is 2. The number of nitrogens with one attached hydrogen (secondary N) is 1. The highest BCUT2D eigenvalue weighted by atomic mass is 16.5. The SMILES string of the molecule is COc1ccc(CN(C(=O)COc2cc(C)cc(C)c2C)C(C)C(=O)NC2CCCCC2)cc1. The van der Waals surface area contributed by atoms with Gasteiger partial charge in [-0.25, -0.2) is 0 Å². The molecule has 0 aliphatic heterocycles. The van der Waals surface area contributed by atoms with E-state index in [1.54, 1.807) is 18.9 Å². The lowest BCUT2D eigenvalue weighted by Crippen LogP contribution is -2.51. The summed E-state index contributed by atoms with van der Waals surface area (Å²) in [5, 5.41) is 3.16. The molecule has 6 nitrogen and oxygen atoms in total. The van der Waals surface area contributed by atoms with Gasteiger partial charge < -0.3 is 19.7 Å². The molecule has 0 radical (unpaired) electrons. The number of benzene rings is 2. The fraction of sp³-hybridized carbons (Fsp3) is 0.500. The molecule has 1 aliphatic carbocycles. The number of nitrogens with zero attached hydrogens (tertiary/aromatic N) is 1. The van der Waals surface area contributed by atoms with Crippen molar-refractivity contribution in [2.75, 3.05) is 13.7 Å². The van der Waals surface area contributed by atoms with E-state index in [2.05, 4.69) is 11.4 Å². The van der Waals surface area contributed by atoms with Gasteiger partial charge in [0.05, 0.1) is 7.11 Å². The lowest BCUT2D eigenvalue weighted by molar-refractivity contribution is -0.142. The topological polar surface area (TPSA) is 67.9 Å². The molecule has 2 amide bonds. The van der Waals surface area contributed by atoms with E-state index in [-0.39, 0.29) is 24.5 Å². The number of hydrogen-bond acceptors (Lipinski definition) is 4. The number of rotatable bonds is 9. The molecule has 2 aromatic carbocycles. The summed E-state index contributed by atoms with van der Waals surface area (Å²) in [4.78, 5) is 28.1. The van der Waals surface area contributed by atoms with Crippen LogP contribution < -0.4 is 14.8 Å². The van der Waals surface area contributed by atoms with Crippen LogP contribution in [-0.4, -0.2) is 42.5 Å². The van der Waals surface area contributed by atoms with Crippen LogP contribution in [0.2, 0.25) is 0 Å². The minimum absolute atomic E-state index is 0.114. The van der Waals surface area contributed by atoms with Gasteiger partial charge in [0.2, 0.25) is 5.91 Å². The molecule has 2 aromatic rings. The molecule has 6 heteroatoms. The van der Waals surface area contributed by atoms with E-state index in [9.17, 15) is 9.59 Å². The maximum absolute atomic E-state index is 13.4. The van der Waals surface area contributed by atoms with Crippen LogP contribution >= 0.6 is 0 Å². The number of carbonyl (C=O) groups is 2. The van der Waals surface area contributed by atoms with Gasteiger partial charge in [-0.2, -0.15) is 0 Å². The van der Waals surface area contributed by atoms with Crippen molar-refractivity contribution in [2.24, 2.45) is 0 Å². The van der Waals surface area contributed by atoms with Crippen LogP contribution in [0.15, 0.2) is 36.4 Å². The first kappa shape index (κ1) is 25.6. The van der Waals surface area contributed by atoms with Crippen LogP contribution in [0.5, 0.6) is 11.5 Å². The molecule has 3 rings (SSSR count). The van der Waals surface area contributed by atoms with E-state index in [1.165, 1.54) is 6.42 Å². The number of ether oxygens (including phenoxy) is 2. The van der Waals surface area contributed by atoms with Crippen molar-refractivity contribution in [3.05, 3.63) is 58.7 Å².